The number of nitrogens with one attached hydrogen (secondary N) is 1. The summed E-state index contributed by atoms with van der Waals surface area (Å²) in [6.45, 7) is 5.36. The Morgan fingerprint density at radius 2 is 1.88 bits per heavy atom. The van der Waals surface area contributed by atoms with Crippen LogP contribution in [0.1, 0.15) is 58.8 Å². The quantitative estimate of drug-likeness (QED) is 0.742. The lowest BCUT2D eigenvalue weighted by Crippen LogP contribution is -2.49. The standard InChI is InChI=1S/C14H27NO/c1-3-16-14-9-13(10-14)15-12-6-4-5-11(2)7-8-12/h11-15H,3-10H2,1-2H3. The summed E-state index contributed by atoms with van der Waals surface area (Å²) < 4.78 is 5.60. The van der Waals surface area contributed by atoms with Gasteiger partial charge >= 0.3 is 0 Å². The molecule has 16 heavy (non-hydrogen) atoms. The fourth-order valence-electron chi connectivity index (χ4n) is 3.06. The minimum Gasteiger partial charge on any atom is -0.378 e. The van der Waals surface area contributed by atoms with E-state index in [-0.39, 0.29) is 0 Å². The maximum atomic E-state index is 5.60. The Hall–Kier alpha value is -0.0800. The van der Waals surface area contributed by atoms with Crippen molar-refractivity contribution in [3.63, 3.8) is 0 Å². The number of hydrogen-bond acceptors (Lipinski definition) is 2. The summed E-state index contributed by atoms with van der Waals surface area (Å²) in [4.78, 5) is 0. The molecule has 0 aromatic carbocycles. The van der Waals surface area contributed by atoms with Gasteiger partial charge in [0.05, 0.1) is 6.10 Å². The molecule has 2 rings (SSSR count). The second kappa shape index (κ2) is 6.02. The summed E-state index contributed by atoms with van der Waals surface area (Å²) in [7, 11) is 0. The predicted octanol–water partition coefficient (Wildman–Crippen LogP) is 3.11. The van der Waals surface area contributed by atoms with Crippen LogP contribution in [0.25, 0.3) is 0 Å². The van der Waals surface area contributed by atoms with Crippen LogP contribution in [0.2, 0.25) is 0 Å². The van der Waals surface area contributed by atoms with Crippen LogP contribution >= 0.6 is 0 Å². The topological polar surface area (TPSA) is 21.3 Å². The van der Waals surface area contributed by atoms with E-state index in [9.17, 15) is 0 Å². The Kier molecular flexibility index (Phi) is 4.66. The Morgan fingerprint density at radius 3 is 2.62 bits per heavy atom. The zero-order valence-electron chi connectivity index (χ0n) is 10.9. The highest BCUT2D eigenvalue weighted by atomic mass is 16.5. The highest BCUT2D eigenvalue weighted by Crippen LogP contribution is 2.27. The molecule has 2 heteroatoms. The van der Waals surface area contributed by atoms with Gasteiger partial charge in [0.2, 0.25) is 0 Å². The van der Waals surface area contributed by atoms with Crippen LogP contribution in [0.15, 0.2) is 0 Å². The van der Waals surface area contributed by atoms with Gasteiger partial charge in [0.15, 0.2) is 0 Å². The van der Waals surface area contributed by atoms with Crippen molar-refractivity contribution in [2.45, 2.75) is 77.0 Å². The predicted molar refractivity (Wildman–Crippen MR) is 67.6 cm³/mol. The lowest BCUT2D eigenvalue weighted by Gasteiger charge is -2.38. The third-order valence-corrected chi connectivity index (χ3v) is 4.23. The van der Waals surface area contributed by atoms with Crippen LogP contribution in [0.5, 0.6) is 0 Å². The van der Waals surface area contributed by atoms with E-state index < -0.39 is 0 Å². The van der Waals surface area contributed by atoms with Crippen LogP contribution in [0.4, 0.5) is 0 Å². The number of rotatable bonds is 4. The average Bonchev–Trinajstić information content (AvgIpc) is 2.41. The number of hydrogen-bond donors (Lipinski definition) is 1. The molecular formula is C14H27NO. The first-order valence-electron chi connectivity index (χ1n) is 7.15. The minimum atomic E-state index is 0.548. The highest BCUT2D eigenvalue weighted by molar-refractivity contribution is 4.89. The molecule has 0 bridgehead atoms. The molecule has 2 nitrogen and oxygen atoms in total. The molecule has 94 valence electrons. The fourth-order valence-corrected chi connectivity index (χ4v) is 3.06. The van der Waals surface area contributed by atoms with E-state index in [1.165, 1.54) is 44.9 Å². The summed E-state index contributed by atoms with van der Waals surface area (Å²) in [5.74, 6) is 0.948. The lowest BCUT2D eigenvalue weighted by atomic mass is 9.88. The van der Waals surface area contributed by atoms with Crippen molar-refractivity contribution in [2.24, 2.45) is 5.92 Å². The molecule has 0 radical (unpaired) electrons. The number of ether oxygens (including phenoxy) is 1. The van der Waals surface area contributed by atoms with Crippen LogP contribution in [0, 0.1) is 5.92 Å². The van der Waals surface area contributed by atoms with Crippen molar-refractivity contribution in [1.82, 2.24) is 5.32 Å². The van der Waals surface area contributed by atoms with Crippen molar-refractivity contribution >= 4 is 0 Å². The van der Waals surface area contributed by atoms with Crippen molar-refractivity contribution in [3.05, 3.63) is 0 Å². The zero-order chi connectivity index (χ0) is 11.4. The minimum absolute atomic E-state index is 0.548. The molecular weight excluding hydrogens is 198 g/mol. The molecule has 0 aliphatic heterocycles. The van der Waals surface area contributed by atoms with Crippen LogP contribution in [-0.2, 0) is 4.74 Å². The molecule has 2 fully saturated rings. The molecule has 2 saturated carbocycles. The molecule has 2 aliphatic carbocycles. The first kappa shape index (κ1) is 12.4. The van der Waals surface area contributed by atoms with Gasteiger partial charge in [-0.05, 0) is 44.9 Å². The molecule has 0 heterocycles. The van der Waals surface area contributed by atoms with Gasteiger partial charge in [-0.25, -0.2) is 0 Å². The Bertz CT molecular complexity index is 201. The Balaban J connectivity index is 1.63. The molecule has 0 aromatic heterocycles. The molecule has 0 saturated heterocycles. The largest absolute Gasteiger partial charge is 0.378 e. The third kappa shape index (κ3) is 3.46. The molecule has 0 spiro atoms. The lowest BCUT2D eigenvalue weighted by molar-refractivity contribution is -0.0128. The molecule has 2 atom stereocenters. The summed E-state index contributed by atoms with van der Waals surface area (Å²) in [5, 5.41) is 3.82. The van der Waals surface area contributed by atoms with Crippen molar-refractivity contribution in [2.75, 3.05) is 6.61 Å². The van der Waals surface area contributed by atoms with Gasteiger partial charge in [-0.2, -0.15) is 0 Å². The van der Waals surface area contributed by atoms with Crippen molar-refractivity contribution in [1.29, 1.82) is 0 Å². The first-order chi connectivity index (χ1) is 7.78. The molecule has 0 aromatic rings. The van der Waals surface area contributed by atoms with E-state index in [0.717, 1.165) is 24.6 Å². The maximum Gasteiger partial charge on any atom is 0.0604 e. The van der Waals surface area contributed by atoms with Gasteiger partial charge in [0.1, 0.15) is 0 Å². The van der Waals surface area contributed by atoms with E-state index in [4.69, 9.17) is 4.74 Å². The molecule has 2 aliphatic rings. The van der Waals surface area contributed by atoms with Crippen molar-refractivity contribution < 1.29 is 4.74 Å². The van der Waals surface area contributed by atoms with E-state index in [2.05, 4.69) is 19.2 Å². The first-order valence-corrected chi connectivity index (χ1v) is 7.15. The van der Waals surface area contributed by atoms with Gasteiger partial charge in [0, 0.05) is 18.7 Å². The van der Waals surface area contributed by atoms with E-state index in [1.54, 1.807) is 0 Å². The summed E-state index contributed by atoms with van der Waals surface area (Å²) in [6, 6.07) is 1.53. The molecule has 2 unspecified atom stereocenters. The fraction of sp³-hybridized carbons (Fsp3) is 1.00. The van der Waals surface area contributed by atoms with Crippen molar-refractivity contribution in [3.8, 4) is 0 Å². The summed E-state index contributed by atoms with van der Waals surface area (Å²) in [6.07, 6.45) is 10.1. The Morgan fingerprint density at radius 1 is 1.06 bits per heavy atom. The Labute approximate surface area is 100 Å². The normalized spacial score (nSPS) is 40.1. The second-order valence-corrected chi connectivity index (χ2v) is 5.72. The zero-order valence-corrected chi connectivity index (χ0v) is 10.9. The van der Waals surface area contributed by atoms with Crippen LogP contribution < -0.4 is 5.32 Å². The van der Waals surface area contributed by atoms with Gasteiger partial charge in [0.25, 0.3) is 0 Å². The van der Waals surface area contributed by atoms with Crippen LogP contribution in [0.3, 0.4) is 0 Å². The molecule has 1 N–H and O–H groups in total. The maximum absolute atomic E-state index is 5.60. The monoisotopic (exact) mass is 225 g/mol. The van der Waals surface area contributed by atoms with Gasteiger partial charge in [-0.3, -0.25) is 0 Å². The van der Waals surface area contributed by atoms with Gasteiger partial charge < -0.3 is 10.1 Å². The summed E-state index contributed by atoms with van der Waals surface area (Å²) >= 11 is 0. The molecule has 0 amide bonds. The van der Waals surface area contributed by atoms with E-state index in [1.807, 2.05) is 0 Å². The average molecular weight is 225 g/mol. The summed E-state index contributed by atoms with van der Waals surface area (Å²) in [5.41, 5.74) is 0. The smallest absolute Gasteiger partial charge is 0.0604 e. The van der Waals surface area contributed by atoms with E-state index in [0.29, 0.717) is 6.10 Å². The van der Waals surface area contributed by atoms with Gasteiger partial charge in [-0.15, -0.1) is 0 Å². The van der Waals surface area contributed by atoms with Crippen LogP contribution in [-0.4, -0.2) is 24.8 Å². The van der Waals surface area contributed by atoms with E-state index >= 15 is 0 Å². The SMILES string of the molecule is CCOC1CC(NC2CCCC(C)CC2)C1. The second-order valence-electron chi connectivity index (χ2n) is 5.72. The third-order valence-electron chi connectivity index (χ3n) is 4.23. The highest BCUT2D eigenvalue weighted by Gasteiger charge is 2.31. The van der Waals surface area contributed by atoms with Gasteiger partial charge in [-0.1, -0.05) is 19.8 Å².